The van der Waals surface area contributed by atoms with E-state index >= 15 is 0 Å². The Morgan fingerprint density at radius 3 is 2.48 bits per heavy atom. The molecule has 1 N–H and O–H groups in total. The molecular formula is C14H20N4O2S. The van der Waals surface area contributed by atoms with Crippen molar-refractivity contribution in [2.45, 2.75) is 20.4 Å². The zero-order chi connectivity index (χ0) is 15.5. The number of rotatable bonds is 6. The van der Waals surface area contributed by atoms with Crippen LogP contribution in [0.25, 0.3) is 11.4 Å². The van der Waals surface area contributed by atoms with Crippen LogP contribution in [-0.4, -0.2) is 28.9 Å². The Morgan fingerprint density at radius 1 is 1.19 bits per heavy atom. The van der Waals surface area contributed by atoms with Gasteiger partial charge in [0.15, 0.2) is 5.82 Å². The first-order chi connectivity index (χ1) is 9.89. The summed E-state index contributed by atoms with van der Waals surface area (Å²) in [6.07, 6.45) is 0. The van der Waals surface area contributed by atoms with Crippen LogP contribution in [0.5, 0.6) is 0 Å². The number of sulfonamides is 1. The SMILES string of the molecule is CC(C)CS(=O)(=O)NCc1nnc(-c2ccccc2)n1C. The van der Waals surface area contributed by atoms with E-state index in [1.54, 1.807) is 4.57 Å². The highest BCUT2D eigenvalue weighted by molar-refractivity contribution is 7.89. The zero-order valence-corrected chi connectivity index (χ0v) is 13.3. The summed E-state index contributed by atoms with van der Waals surface area (Å²) in [4.78, 5) is 0. The van der Waals surface area contributed by atoms with E-state index in [2.05, 4.69) is 14.9 Å². The van der Waals surface area contributed by atoms with Gasteiger partial charge in [0, 0.05) is 12.6 Å². The standard InChI is InChI=1S/C14H20N4O2S/c1-11(2)10-21(19,20)15-9-13-16-17-14(18(13)3)12-7-5-4-6-8-12/h4-8,11,15H,9-10H2,1-3H3. The molecule has 0 amide bonds. The van der Waals surface area contributed by atoms with Crippen LogP contribution in [0.2, 0.25) is 0 Å². The van der Waals surface area contributed by atoms with Gasteiger partial charge >= 0.3 is 0 Å². The Morgan fingerprint density at radius 2 is 1.86 bits per heavy atom. The molecular weight excluding hydrogens is 288 g/mol. The van der Waals surface area contributed by atoms with Gasteiger partial charge in [0.1, 0.15) is 5.82 Å². The predicted molar refractivity (Wildman–Crippen MR) is 81.9 cm³/mol. The van der Waals surface area contributed by atoms with Crippen molar-refractivity contribution in [1.29, 1.82) is 0 Å². The van der Waals surface area contributed by atoms with Gasteiger partial charge in [-0.1, -0.05) is 44.2 Å². The average Bonchev–Trinajstić information content (AvgIpc) is 2.77. The normalized spacial score (nSPS) is 12.0. The summed E-state index contributed by atoms with van der Waals surface area (Å²) in [6, 6.07) is 9.67. The Bertz CT molecular complexity index is 693. The van der Waals surface area contributed by atoms with Crippen molar-refractivity contribution in [2.24, 2.45) is 13.0 Å². The molecule has 6 nitrogen and oxygen atoms in total. The minimum Gasteiger partial charge on any atom is -0.313 e. The molecule has 1 heterocycles. The van der Waals surface area contributed by atoms with E-state index in [0.29, 0.717) is 11.6 Å². The van der Waals surface area contributed by atoms with E-state index in [1.165, 1.54) is 0 Å². The topological polar surface area (TPSA) is 76.9 Å². The van der Waals surface area contributed by atoms with Crippen LogP contribution in [0.1, 0.15) is 19.7 Å². The first kappa shape index (κ1) is 15.7. The van der Waals surface area contributed by atoms with Gasteiger partial charge in [-0.05, 0) is 5.92 Å². The molecule has 2 rings (SSSR count). The second kappa shape index (κ2) is 6.36. The molecule has 0 atom stereocenters. The van der Waals surface area contributed by atoms with Gasteiger partial charge in [-0.25, -0.2) is 13.1 Å². The predicted octanol–water partition coefficient (Wildman–Crippen LogP) is 1.56. The number of benzene rings is 1. The van der Waals surface area contributed by atoms with Crippen molar-refractivity contribution in [3.05, 3.63) is 36.2 Å². The summed E-state index contributed by atoms with van der Waals surface area (Å²) in [7, 11) is -1.45. The van der Waals surface area contributed by atoms with Gasteiger partial charge in [-0.3, -0.25) is 0 Å². The number of aromatic nitrogens is 3. The van der Waals surface area contributed by atoms with E-state index in [-0.39, 0.29) is 18.2 Å². The smallest absolute Gasteiger partial charge is 0.212 e. The molecule has 0 saturated heterocycles. The van der Waals surface area contributed by atoms with E-state index < -0.39 is 10.0 Å². The second-order valence-corrected chi connectivity index (χ2v) is 7.21. The Balaban J connectivity index is 2.12. The summed E-state index contributed by atoms with van der Waals surface area (Å²) in [5.74, 6) is 1.49. The number of nitrogens with zero attached hydrogens (tertiary/aromatic N) is 3. The van der Waals surface area contributed by atoms with Crippen molar-refractivity contribution in [3.8, 4) is 11.4 Å². The minimum atomic E-state index is -3.28. The average molecular weight is 308 g/mol. The highest BCUT2D eigenvalue weighted by Crippen LogP contribution is 2.16. The molecule has 0 saturated carbocycles. The summed E-state index contributed by atoms with van der Waals surface area (Å²) in [5, 5.41) is 8.19. The first-order valence-corrected chi connectivity index (χ1v) is 8.45. The second-order valence-electron chi connectivity index (χ2n) is 5.36. The maximum absolute atomic E-state index is 11.8. The van der Waals surface area contributed by atoms with E-state index in [1.807, 2.05) is 51.2 Å². The van der Waals surface area contributed by atoms with Crippen molar-refractivity contribution < 1.29 is 8.42 Å². The van der Waals surface area contributed by atoms with Crippen LogP contribution in [0, 0.1) is 5.92 Å². The maximum Gasteiger partial charge on any atom is 0.212 e. The largest absolute Gasteiger partial charge is 0.313 e. The Kier molecular flexibility index (Phi) is 4.74. The summed E-state index contributed by atoms with van der Waals surface area (Å²) in [6.45, 7) is 3.88. The molecule has 0 aliphatic rings. The van der Waals surface area contributed by atoms with E-state index in [0.717, 1.165) is 5.56 Å². The third kappa shape index (κ3) is 4.12. The lowest BCUT2D eigenvalue weighted by molar-refractivity contribution is 0.564. The van der Waals surface area contributed by atoms with Gasteiger partial charge in [0.2, 0.25) is 10.0 Å². The molecule has 0 radical (unpaired) electrons. The molecule has 114 valence electrons. The first-order valence-electron chi connectivity index (χ1n) is 6.80. The number of nitrogens with one attached hydrogen (secondary N) is 1. The third-order valence-corrected chi connectivity index (χ3v) is 4.69. The van der Waals surface area contributed by atoms with E-state index in [9.17, 15) is 8.42 Å². The fraction of sp³-hybridized carbons (Fsp3) is 0.429. The molecule has 21 heavy (non-hydrogen) atoms. The minimum absolute atomic E-state index is 0.0851. The summed E-state index contributed by atoms with van der Waals surface area (Å²) in [5.41, 5.74) is 0.948. The van der Waals surface area contributed by atoms with Gasteiger partial charge in [0.05, 0.1) is 12.3 Å². The van der Waals surface area contributed by atoms with Crippen LogP contribution in [0.3, 0.4) is 0 Å². The van der Waals surface area contributed by atoms with Crippen molar-refractivity contribution in [2.75, 3.05) is 5.75 Å². The quantitative estimate of drug-likeness (QED) is 0.878. The van der Waals surface area contributed by atoms with Crippen LogP contribution >= 0.6 is 0 Å². The third-order valence-electron chi connectivity index (χ3n) is 3.00. The monoisotopic (exact) mass is 308 g/mol. The zero-order valence-electron chi connectivity index (χ0n) is 12.4. The van der Waals surface area contributed by atoms with Crippen molar-refractivity contribution >= 4 is 10.0 Å². The van der Waals surface area contributed by atoms with Gasteiger partial charge < -0.3 is 4.57 Å². The molecule has 0 fully saturated rings. The fourth-order valence-corrected chi connectivity index (χ4v) is 3.37. The molecule has 2 aromatic rings. The number of hydrogen-bond donors (Lipinski definition) is 1. The summed E-state index contributed by atoms with van der Waals surface area (Å²) >= 11 is 0. The van der Waals surface area contributed by atoms with E-state index in [4.69, 9.17) is 0 Å². The lowest BCUT2D eigenvalue weighted by atomic mass is 10.2. The molecule has 0 aliphatic heterocycles. The van der Waals surface area contributed by atoms with Crippen LogP contribution in [0.4, 0.5) is 0 Å². The lowest BCUT2D eigenvalue weighted by Crippen LogP contribution is -2.29. The van der Waals surface area contributed by atoms with Crippen molar-refractivity contribution in [1.82, 2.24) is 19.5 Å². The molecule has 1 aromatic heterocycles. The van der Waals surface area contributed by atoms with Crippen LogP contribution in [-0.2, 0) is 23.6 Å². The number of hydrogen-bond acceptors (Lipinski definition) is 4. The van der Waals surface area contributed by atoms with Gasteiger partial charge in [-0.15, -0.1) is 10.2 Å². The molecule has 0 unspecified atom stereocenters. The highest BCUT2D eigenvalue weighted by atomic mass is 32.2. The molecule has 7 heteroatoms. The van der Waals surface area contributed by atoms with Crippen molar-refractivity contribution in [3.63, 3.8) is 0 Å². The fourth-order valence-electron chi connectivity index (χ4n) is 2.03. The lowest BCUT2D eigenvalue weighted by Gasteiger charge is -2.08. The molecule has 0 bridgehead atoms. The van der Waals surface area contributed by atoms with Crippen LogP contribution < -0.4 is 4.72 Å². The van der Waals surface area contributed by atoms with Gasteiger partial charge in [0.25, 0.3) is 0 Å². The maximum atomic E-state index is 11.8. The Hall–Kier alpha value is -1.73. The Labute approximate surface area is 125 Å². The molecule has 0 spiro atoms. The van der Waals surface area contributed by atoms with Crippen LogP contribution in [0.15, 0.2) is 30.3 Å². The molecule has 0 aliphatic carbocycles. The van der Waals surface area contributed by atoms with Gasteiger partial charge in [-0.2, -0.15) is 0 Å². The highest BCUT2D eigenvalue weighted by Gasteiger charge is 2.15. The molecule has 1 aromatic carbocycles. The summed E-state index contributed by atoms with van der Waals surface area (Å²) < 4.78 is 28.0.